The number of hydrogen-bond acceptors (Lipinski definition) is 6. The summed E-state index contributed by atoms with van der Waals surface area (Å²) in [6, 6.07) is 7.23. The first-order chi connectivity index (χ1) is 15.6. The topological polar surface area (TPSA) is 83.5 Å². The molecule has 0 spiro atoms. The lowest BCUT2D eigenvalue weighted by molar-refractivity contribution is -0.129. The van der Waals surface area contributed by atoms with Crippen LogP contribution in [0.5, 0.6) is 0 Å². The molecule has 3 heterocycles. The largest absolute Gasteiger partial charge is 0.454 e. The zero-order valence-electron chi connectivity index (χ0n) is 17.6. The Balaban J connectivity index is 1.21. The zero-order valence-corrected chi connectivity index (χ0v) is 18.4. The Labute approximate surface area is 191 Å². The fourth-order valence-electron chi connectivity index (χ4n) is 4.26. The highest BCUT2D eigenvalue weighted by molar-refractivity contribution is 7.80. The van der Waals surface area contributed by atoms with Gasteiger partial charge in [0, 0.05) is 24.7 Å². The molecule has 0 aromatic heterocycles. The number of likely N-dealkylation sites (tertiary alicyclic amines) is 1. The summed E-state index contributed by atoms with van der Waals surface area (Å²) < 4.78 is 10.8. The van der Waals surface area contributed by atoms with E-state index < -0.39 is 5.92 Å². The van der Waals surface area contributed by atoms with Crippen molar-refractivity contribution in [2.45, 2.75) is 19.4 Å². The Morgan fingerprint density at radius 3 is 2.69 bits per heavy atom. The van der Waals surface area contributed by atoms with Crippen LogP contribution < -0.4 is 5.32 Å². The Bertz CT molecular complexity index is 1040. The molecule has 0 saturated carbocycles. The lowest BCUT2D eigenvalue weighted by atomic mass is 9.93. The molecule has 3 aliphatic heterocycles. The van der Waals surface area contributed by atoms with Crippen LogP contribution in [0.3, 0.4) is 0 Å². The highest BCUT2D eigenvalue weighted by Gasteiger charge is 2.38. The number of aliphatic imine (C=N–C) groups is 1. The molecule has 1 N–H and O–H groups in total. The van der Waals surface area contributed by atoms with E-state index in [0.29, 0.717) is 35.9 Å². The maximum Gasteiger partial charge on any atom is 0.251 e. The van der Waals surface area contributed by atoms with Crippen molar-refractivity contribution in [3.05, 3.63) is 59.1 Å². The number of carbonyl (C=O) groups excluding carboxylic acids is 2. The number of ether oxygens (including phenoxy) is 2. The summed E-state index contributed by atoms with van der Waals surface area (Å²) in [6.07, 6.45) is 5.92. The number of carbonyl (C=O) groups is 2. The number of nitrogens with one attached hydrogen (secondary N) is 1. The van der Waals surface area contributed by atoms with E-state index in [1.54, 1.807) is 24.3 Å². The van der Waals surface area contributed by atoms with E-state index in [1.165, 1.54) is 17.7 Å². The molecule has 1 aromatic rings. The van der Waals surface area contributed by atoms with E-state index in [0.717, 1.165) is 25.2 Å². The van der Waals surface area contributed by atoms with Crippen molar-refractivity contribution in [3.63, 3.8) is 0 Å². The number of fused-ring (bicyclic) bond motifs is 2. The minimum absolute atomic E-state index is 0.0928. The minimum atomic E-state index is -0.539. The van der Waals surface area contributed by atoms with Crippen molar-refractivity contribution >= 4 is 34.9 Å². The van der Waals surface area contributed by atoms with Crippen molar-refractivity contribution in [2.24, 2.45) is 10.9 Å². The van der Waals surface area contributed by atoms with Crippen LogP contribution in [-0.2, 0) is 20.8 Å². The van der Waals surface area contributed by atoms with E-state index in [4.69, 9.17) is 21.7 Å². The van der Waals surface area contributed by atoms with Crippen molar-refractivity contribution in [1.82, 2.24) is 15.1 Å². The van der Waals surface area contributed by atoms with Crippen LogP contribution in [0.2, 0.25) is 0 Å². The molecule has 2 saturated heterocycles. The van der Waals surface area contributed by atoms with Gasteiger partial charge in [-0.3, -0.25) is 14.5 Å². The summed E-state index contributed by atoms with van der Waals surface area (Å²) in [4.78, 5) is 33.8. The third-order valence-electron chi connectivity index (χ3n) is 6.04. The fourth-order valence-corrected chi connectivity index (χ4v) is 4.52. The van der Waals surface area contributed by atoms with E-state index in [1.807, 2.05) is 12.1 Å². The highest BCUT2D eigenvalue weighted by atomic mass is 32.1. The summed E-state index contributed by atoms with van der Waals surface area (Å²) in [7, 11) is 0. The summed E-state index contributed by atoms with van der Waals surface area (Å²) in [5.41, 5.74) is 2.03. The van der Waals surface area contributed by atoms with Gasteiger partial charge in [-0.15, -0.1) is 0 Å². The Morgan fingerprint density at radius 1 is 1.16 bits per heavy atom. The lowest BCUT2D eigenvalue weighted by Crippen LogP contribution is -2.45. The van der Waals surface area contributed by atoms with Crippen molar-refractivity contribution < 1.29 is 19.1 Å². The van der Waals surface area contributed by atoms with Crippen molar-refractivity contribution in [2.75, 3.05) is 33.0 Å². The second kappa shape index (κ2) is 8.84. The van der Waals surface area contributed by atoms with Gasteiger partial charge in [-0.05, 0) is 61.9 Å². The standard InChI is InChI=1S/C23H24N4O4S/c28-21(24-7-10-26-8-1-2-9-26)16-5-3-15(4-6-16)13-27-22(29)17-11-19-20(31-14-30-19)12-18(17)25-23(27)32/h3-6,11-12,17H,1-2,7-10,13-14H2,(H,24,28). The third kappa shape index (κ3) is 4.18. The molecule has 1 aromatic carbocycles. The number of nitrogens with zero attached hydrogens (tertiary/aromatic N) is 3. The first kappa shape index (κ1) is 20.8. The maximum atomic E-state index is 13.1. The van der Waals surface area contributed by atoms with Gasteiger partial charge in [-0.2, -0.15) is 0 Å². The molecule has 166 valence electrons. The Hall–Kier alpha value is -3.04. The van der Waals surface area contributed by atoms with Gasteiger partial charge < -0.3 is 19.7 Å². The second-order valence-corrected chi connectivity index (χ2v) is 8.53. The second-order valence-electron chi connectivity index (χ2n) is 8.17. The molecule has 1 atom stereocenters. The molecule has 8 nitrogen and oxygen atoms in total. The van der Waals surface area contributed by atoms with Gasteiger partial charge in [0.15, 0.2) is 11.5 Å². The highest BCUT2D eigenvalue weighted by Crippen LogP contribution is 2.31. The van der Waals surface area contributed by atoms with Crippen molar-refractivity contribution in [1.29, 1.82) is 0 Å². The number of rotatable bonds is 6. The summed E-state index contributed by atoms with van der Waals surface area (Å²) in [6.45, 7) is 4.18. The molecule has 9 heteroatoms. The Kier molecular flexibility index (Phi) is 5.75. The normalized spacial score (nSPS) is 22.3. The van der Waals surface area contributed by atoms with E-state index in [9.17, 15) is 9.59 Å². The molecule has 1 aliphatic carbocycles. The summed E-state index contributed by atoms with van der Waals surface area (Å²) >= 11 is 5.38. The molecule has 4 aliphatic rings. The summed E-state index contributed by atoms with van der Waals surface area (Å²) in [5.74, 6) is 0.364. The molecule has 0 radical (unpaired) electrons. The predicted molar refractivity (Wildman–Crippen MR) is 122 cm³/mol. The quantitative estimate of drug-likeness (QED) is 0.665. The molecule has 2 amide bonds. The van der Waals surface area contributed by atoms with Crippen LogP contribution in [0.4, 0.5) is 0 Å². The van der Waals surface area contributed by atoms with Gasteiger partial charge >= 0.3 is 0 Å². The van der Waals surface area contributed by atoms with Crippen LogP contribution in [0.15, 0.2) is 52.9 Å². The molecule has 1 unspecified atom stereocenters. The number of thiocarbonyl (C=S) groups is 1. The third-order valence-corrected chi connectivity index (χ3v) is 6.36. The molecular formula is C23H24N4O4S. The van der Waals surface area contributed by atoms with Gasteiger partial charge in [0.2, 0.25) is 17.8 Å². The van der Waals surface area contributed by atoms with Gasteiger partial charge in [-0.1, -0.05) is 12.1 Å². The van der Waals surface area contributed by atoms with E-state index in [-0.39, 0.29) is 23.7 Å². The van der Waals surface area contributed by atoms with Crippen LogP contribution in [-0.4, -0.2) is 65.4 Å². The Morgan fingerprint density at radius 2 is 1.91 bits per heavy atom. The maximum absolute atomic E-state index is 13.1. The minimum Gasteiger partial charge on any atom is -0.454 e. The number of hydrogen-bond donors (Lipinski definition) is 1. The van der Waals surface area contributed by atoms with E-state index >= 15 is 0 Å². The van der Waals surface area contributed by atoms with Gasteiger partial charge in [0.05, 0.1) is 12.3 Å². The smallest absolute Gasteiger partial charge is 0.251 e. The molecule has 0 bridgehead atoms. The lowest BCUT2D eigenvalue weighted by Gasteiger charge is -2.30. The van der Waals surface area contributed by atoms with Crippen molar-refractivity contribution in [3.8, 4) is 0 Å². The monoisotopic (exact) mass is 452 g/mol. The van der Waals surface area contributed by atoms with E-state index in [2.05, 4.69) is 15.2 Å². The van der Waals surface area contributed by atoms with Gasteiger partial charge in [0.1, 0.15) is 5.92 Å². The summed E-state index contributed by atoms with van der Waals surface area (Å²) in [5, 5.41) is 3.19. The SMILES string of the molecule is O=C(NCCN1CCCC1)c1ccc(CN2C(=O)C3C=C4OCOC4=CC3=NC2=S)cc1. The number of amides is 2. The van der Waals surface area contributed by atoms with Gasteiger partial charge in [0.25, 0.3) is 5.91 Å². The molecular weight excluding hydrogens is 428 g/mol. The van der Waals surface area contributed by atoms with Crippen LogP contribution in [0, 0.1) is 5.92 Å². The predicted octanol–water partition coefficient (Wildman–Crippen LogP) is 1.98. The number of allylic oxidation sites excluding steroid dienone is 1. The zero-order chi connectivity index (χ0) is 22.1. The first-order valence-electron chi connectivity index (χ1n) is 10.8. The molecule has 5 rings (SSSR count). The average Bonchev–Trinajstić information content (AvgIpc) is 3.47. The van der Waals surface area contributed by atoms with Crippen LogP contribution in [0.1, 0.15) is 28.8 Å². The van der Waals surface area contributed by atoms with Crippen LogP contribution in [0.25, 0.3) is 0 Å². The molecule has 2 fully saturated rings. The molecule has 32 heavy (non-hydrogen) atoms. The first-order valence-corrected chi connectivity index (χ1v) is 11.2. The fraction of sp³-hybridized carbons (Fsp3) is 0.391. The number of benzene rings is 1. The van der Waals surface area contributed by atoms with Crippen LogP contribution >= 0.6 is 12.2 Å². The van der Waals surface area contributed by atoms with Gasteiger partial charge in [-0.25, -0.2) is 4.99 Å². The average molecular weight is 453 g/mol.